The number of amides is 2. The average molecular weight is 591 g/mol. The van der Waals surface area contributed by atoms with Gasteiger partial charge in [-0.15, -0.1) is 0 Å². The van der Waals surface area contributed by atoms with Gasteiger partial charge in [0, 0.05) is 50.9 Å². The summed E-state index contributed by atoms with van der Waals surface area (Å²) in [4.78, 5) is 33.8. The lowest BCUT2D eigenvalue weighted by molar-refractivity contribution is -0.264. The molecule has 0 bridgehead atoms. The number of aromatic nitrogens is 1. The second-order valence-electron chi connectivity index (χ2n) is 10.3. The van der Waals surface area contributed by atoms with Crippen molar-refractivity contribution in [2.75, 3.05) is 45.2 Å². The van der Waals surface area contributed by atoms with Crippen LogP contribution in [0.3, 0.4) is 0 Å². The van der Waals surface area contributed by atoms with Crippen molar-refractivity contribution in [1.29, 1.82) is 0 Å². The summed E-state index contributed by atoms with van der Waals surface area (Å²) in [7, 11) is 3.26. The molecule has 13 heteroatoms. The summed E-state index contributed by atoms with van der Waals surface area (Å²) >= 11 is 11.9. The Hall–Kier alpha value is -2.63. The summed E-state index contributed by atoms with van der Waals surface area (Å²) in [6.07, 6.45) is -3.01. The minimum atomic E-state index is -5.37. The Labute approximate surface area is 233 Å². The Bertz CT molecular complexity index is 1230. The topological polar surface area (TPSA) is 77.0 Å². The number of nitrogens with zero attached hydrogens (tertiary/aromatic N) is 4. The van der Waals surface area contributed by atoms with E-state index in [0.717, 1.165) is 36.3 Å². The molecule has 1 aromatic carbocycles. The van der Waals surface area contributed by atoms with Crippen LogP contribution in [0.2, 0.25) is 10.2 Å². The Balaban J connectivity index is 1.32. The summed E-state index contributed by atoms with van der Waals surface area (Å²) in [5.74, 6) is -1.91. The number of benzene rings is 1. The molecular weight excluding hydrogens is 563 g/mol. The number of alkyl halides is 3. The molecule has 1 aromatic heterocycles. The lowest BCUT2D eigenvalue weighted by atomic mass is 9.82. The van der Waals surface area contributed by atoms with Crippen LogP contribution in [0.1, 0.15) is 35.2 Å². The fourth-order valence-electron chi connectivity index (χ4n) is 5.16. The van der Waals surface area contributed by atoms with E-state index < -0.39 is 29.1 Å². The molecule has 39 heavy (non-hydrogen) atoms. The SMILES string of the molecule is CN(C)C(=O)c1ccc(N2CCC(CC3CN(C(=O)[C@](O)(c4cc(F)cc(Cl)c4)C(F)(F)F)C3)CC2)nc1Cl. The van der Waals surface area contributed by atoms with Crippen LogP contribution in [-0.2, 0) is 10.4 Å². The molecule has 3 heterocycles. The zero-order valence-corrected chi connectivity index (χ0v) is 22.8. The second kappa shape index (κ2) is 11.1. The third kappa shape index (κ3) is 5.95. The van der Waals surface area contributed by atoms with Crippen molar-refractivity contribution < 1.29 is 32.3 Å². The molecule has 2 saturated heterocycles. The van der Waals surface area contributed by atoms with E-state index in [1.807, 2.05) is 0 Å². The highest BCUT2D eigenvalue weighted by Gasteiger charge is 2.63. The van der Waals surface area contributed by atoms with Gasteiger partial charge in [0.2, 0.25) is 0 Å². The van der Waals surface area contributed by atoms with Crippen LogP contribution < -0.4 is 4.90 Å². The molecular formula is C26H28Cl2F4N4O3. The molecule has 7 nitrogen and oxygen atoms in total. The van der Waals surface area contributed by atoms with Gasteiger partial charge in [-0.25, -0.2) is 9.37 Å². The molecule has 2 aliphatic heterocycles. The smallest absolute Gasteiger partial charge is 0.368 e. The molecule has 212 valence electrons. The maximum atomic E-state index is 13.9. The van der Waals surface area contributed by atoms with E-state index in [2.05, 4.69) is 9.88 Å². The van der Waals surface area contributed by atoms with Crippen molar-refractivity contribution >= 4 is 40.8 Å². The molecule has 0 spiro atoms. The van der Waals surface area contributed by atoms with Gasteiger partial charge in [-0.2, -0.15) is 13.2 Å². The van der Waals surface area contributed by atoms with Gasteiger partial charge in [-0.05, 0) is 61.4 Å². The zero-order chi connectivity index (χ0) is 28.7. The number of anilines is 1. The van der Waals surface area contributed by atoms with Crippen molar-refractivity contribution in [3.05, 3.63) is 57.5 Å². The van der Waals surface area contributed by atoms with Gasteiger partial charge in [0.05, 0.1) is 5.56 Å². The molecule has 2 amide bonds. The van der Waals surface area contributed by atoms with Crippen LogP contribution in [0.15, 0.2) is 30.3 Å². The normalized spacial score (nSPS) is 18.5. The van der Waals surface area contributed by atoms with Crippen LogP contribution in [-0.4, -0.2) is 78.2 Å². The van der Waals surface area contributed by atoms with Gasteiger partial charge in [0.1, 0.15) is 16.8 Å². The lowest BCUT2D eigenvalue weighted by Gasteiger charge is -2.45. The number of carbonyl (C=O) groups excluding carboxylic acids is 2. The van der Waals surface area contributed by atoms with Crippen LogP contribution in [0, 0.1) is 17.7 Å². The van der Waals surface area contributed by atoms with Gasteiger partial charge in [-0.3, -0.25) is 9.59 Å². The Morgan fingerprint density at radius 2 is 1.72 bits per heavy atom. The zero-order valence-electron chi connectivity index (χ0n) is 21.3. The Morgan fingerprint density at radius 1 is 1.08 bits per heavy atom. The van der Waals surface area contributed by atoms with E-state index in [4.69, 9.17) is 23.2 Å². The maximum Gasteiger partial charge on any atom is 0.430 e. The predicted molar refractivity (Wildman–Crippen MR) is 138 cm³/mol. The highest BCUT2D eigenvalue weighted by Crippen LogP contribution is 2.43. The molecule has 0 aliphatic carbocycles. The van der Waals surface area contributed by atoms with Gasteiger partial charge < -0.3 is 19.8 Å². The summed E-state index contributed by atoms with van der Waals surface area (Å²) < 4.78 is 55.4. The highest BCUT2D eigenvalue weighted by molar-refractivity contribution is 6.32. The van der Waals surface area contributed by atoms with Gasteiger partial charge in [-0.1, -0.05) is 23.2 Å². The number of carbonyl (C=O) groups is 2. The number of hydrogen-bond donors (Lipinski definition) is 1. The number of piperidine rings is 1. The van der Waals surface area contributed by atoms with Crippen molar-refractivity contribution in [2.24, 2.45) is 11.8 Å². The first-order valence-electron chi connectivity index (χ1n) is 12.4. The van der Waals surface area contributed by atoms with Crippen LogP contribution >= 0.6 is 23.2 Å². The van der Waals surface area contributed by atoms with Gasteiger partial charge in [0.25, 0.3) is 17.4 Å². The number of likely N-dealkylation sites (tertiary alicyclic amines) is 1. The monoisotopic (exact) mass is 590 g/mol. The molecule has 2 aliphatic rings. The standard InChI is InChI=1S/C26H28Cl2F4N4O3/c1-34(2)23(37)20-3-4-21(33-22(20)28)35-7-5-15(6-8-35)9-16-13-36(14-16)24(38)25(39,26(30,31)32)17-10-18(27)12-19(29)11-17/h3-4,10-12,15-16,39H,5-9,13-14H2,1-2H3/t25-/m1/s1. The van der Waals surface area contributed by atoms with Crippen molar-refractivity contribution in [2.45, 2.75) is 31.0 Å². The van der Waals surface area contributed by atoms with E-state index >= 15 is 0 Å². The molecule has 2 fully saturated rings. The molecule has 0 unspecified atom stereocenters. The third-order valence-electron chi connectivity index (χ3n) is 7.32. The predicted octanol–water partition coefficient (Wildman–Crippen LogP) is 4.74. The van der Waals surface area contributed by atoms with E-state index in [9.17, 15) is 32.3 Å². The fourth-order valence-corrected chi connectivity index (χ4v) is 5.61. The first-order chi connectivity index (χ1) is 18.2. The minimum absolute atomic E-state index is 0.0111. The van der Waals surface area contributed by atoms with Crippen molar-refractivity contribution in [3.8, 4) is 0 Å². The molecule has 1 N–H and O–H groups in total. The van der Waals surface area contributed by atoms with Crippen LogP contribution in [0.25, 0.3) is 0 Å². The van der Waals surface area contributed by atoms with Crippen LogP contribution in [0.5, 0.6) is 0 Å². The molecule has 4 rings (SSSR count). The van der Waals surface area contributed by atoms with E-state index in [1.54, 1.807) is 26.2 Å². The molecule has 1 atom stereocenters. The number of hydrogen-bond acceptors (Lipinski definition) is 5. The highest BCUT2D eigenvalue weighted by atomic mass is 35.5. The summed E-state index contributed by atoms with van der Waals surface area (Å²) in [5.41, 5.74) is -4.52. The summed E-state index contributed by atoms with van der Waals surface area (Å²) in [5, 5.41) is 10.3. The fraction of sp³-hybridized carbons (Fsp3) is 0.500. The first kappa shape index (κ1) is 29.4. The van der Waals surface area contributed by atoms with Gasteiger partial charge in [0.15, 0.2) is 0 Å². The molecule has 2 aromatic rings. The number of rotatable bonds is 6. The summed E-state index contributed by atoms with van der Waals surface area (Å²) in [6.45, 7) is 1.52. The summed E-state index contributed by atoms with van der Waals surface area (Å²) in [6, 6.07) is 5.42. The second-order valence-corrected chi connectivity index (χ2v) is 11.1. The van der Waals surface area contributed by atoms with Crippen LogP contribution in [0.4, 0.5) is 23.4 Å². The minimum Gasteiger partial charge on any atom is -0.368 e. The van der Waals surface area contributed by atoms with Gasteiger partial charge >= 0.3 is 6.18 Å². The van der Waals surface area contributed by atoms with Crippen molar-refractivity contribution in [3.63, 3.8) is 0 Å². The molecule has 0 radical (unpaired) electrons. The van der Waals surface area contributed by atoms with Crippen molar-refractivity contribution in [1.82, 2.24) is 14.8 Å². The molecule has 0 saturated carbocycles. The Morgan fingerprint density at radius 3 is 2.26 bits per heavy atom. The third-order valence-corrected chi connectivity index (χ3v) is 7.83. The van der Waals surface area contributed by atoms with E-state index in [1.165, 1.54) is 4.90 Å². The first-order valence-corrected chi connectivity index (χ1v) is 13.1. The maximum absolute atomic E-state index is 13.9. The lowest BCUT2D eigenvalue weighted by Crippen LogP contribution is -2.61. The average Bonchev–Trinajstić information content (AvgIpc) is 2.83. The number of pyridine rings is 1. The number of halogens is 6. The number of aliphatic hydroxyl groups is 1. The van der Waals surface area contributed by atoms with E-state index in [-0.39, 0.29) is 35.1 Å². The Kier molecular flexibility index (Phi) is 8.35. The van der Waals surface area contributed by atoms with E-state index in [0.29, 0.717) is 36.5 Å². The quantitative estimate of drug-likeness (QED) is 0.388. The largest absolute Gasteiger partial charge is 0.430 e.